The van der Waals surface area contributed by atoms with Crippen LogP contribution in [-0.4, -0.2) is 20.6 Å². The number of rotatable bonds is 0. The molecule has 0 aliphatic heterocycles. The maximum atomic E-state index is 9.29. The molecule has 4 aromatic heterocycles. The normalized spacial score (nSPS) is 9.95. The molecule has 5 nitrogen and oxygen atoms in total. The summed E-state index contributed by atoms with van der Waals surface area (Å²) in [5.41, 5.74) is 1.95. The molecule has 0 radical (unpaired) electrons. The molecule has 6 rings (SSSR count). The zero-order valence-corrected chi connectivity index (χ0v) is 10.4. The van der Waals surface area contributed by atoms with Gasteiger partial charge < -0.3 is 0 Å². The molecule has 0 unspecified atom stereocenters. The fourth-order valence-electron chi connectivity index (χ4n) is 1.83. The Labute approximate surface area is 114 Å². The van der Waals surface area contributed by atoms with Crippen LogP contribution in [0.25, 0.3) is 21.8 Å². The van der Waals surface area contributed by atoms with E-state index in [4.69, 9.17) is 0 Å². The van der Waals surface area contributed by atoms with Crippen LogP contribution >= 0.6 is 0 Å². The average molecular weight is 259 g/mol. The first-order valence-electron chi connectivity index (χ1n) is 5.99. The molecule has 0 fully saturated rings. The summed E-state index contributed by atoms with van der Waals surface area (Å²) in [5.74, 6) is 0. The SMILES string of the molecule is N#Cc1cc2ccc(cc2)nnnnc2ccc1cc2. The molecule has 0 spiro atoms. The van der Waals surface area contributed by atoms with Crippen molar-refractivity contribution in [2.24, 2.45) is 0 Å². The zero-order chi connectivity index (χ0) is 13.8. The first kappa shape index (κ1) is 11.9. The van der Waals surface area contributed by atoms with Crippen molar-refractivity contribution in [1.82, 2.24) is 20.6 Å². The van der Waals surface area contributed by atoms with E-state index in [2.05, 4.69) is 26.7 Å². The van der Waals surface area contributed by atoms with Crippen LogP contribution in [0.15, 0.2) is 54.6 Å². The fourth-order valence-corrected chi connectivity index (χ4v) is 1.83. The van der Waals surface area contributed by atoms with Gasteiger partial charge in [-0.1, -0.05) is 24.3 Å². The van der Waals surface area contributed by atoms with Gasteiger partial charge >= 0.3 is 0 Å². The summed E-state index contributed by atoms with van der Waals surface area (Å²) in [4.78, 5) is 0. The highest BCUT2D eigenvalue weighted by atomic mass is 15.4. The maximum absolute atomic E-state index is 9.29. The van der Waals surface area contributed by atoms with Crippen molar-refractivity contribution in [3.8, 4) is 6.07 Å². The first-order valence-corrected chi connectivity index (χ1v) is 5.99. The van der Waals surface area contributed by atoms with Gasteiger partial charge in [0.05, 0.1) is 22.7 Å². The molecule has 0 saturated heterocycles. The quantitative estimate of drug-likeness (QED) is 0.620. The number of nitrogens with zero attached hydrogens (tertiary/aromatic N) is 5. The summed E-state index contributed by atoms with van der Waals surface area (Å²) in [6.07, 6.45) is 0. The molecule has 5 heteroatoms. The monoisotopic (exact) mass is 259 g/mol. The van der Waals surface area contributed by atoms with E-state index in [9.17, 15) is 5.26 Å². The Morgan fingerprint density at radius 2 is 1.30 bits per heavy atom. The number of nitriles is 1. The van der Waals surface area contributed by atoms with Crippen molar-refractivity contribution in [2.75, 3.05) is 0 Å². The molecule has 0 saturated carbocycles. The van der Waals surface area contributed by atoms with Gasteiger partial charge in [0.15, 0.2) is 0 Å². The van der Waals surface area contributed by atoms with Gasteiger partial charge in [0.1, 0.15) is 0 Å². The lowest BCUT2D eigenvalue weighted by molar-refractivity contribution is 0.813. The topological polar surface area (TPSA) is 75.3 Å². The molecule has 0 amide bonds. The summed E-state index contributed by atoms with van der Waals surface area (Å²) in [5, 5.41) is 26.2. The molecule has 20 heavy (non-hydrogen) atoms. The van der Waals surface area contributed by atoms with Crippen LogP contribution in [0.3, 0.4) is 0 Å². The summed E-state index contributed by atoms with van der Waals surface area (Å²) in [7, 11) is 0. The molecule has 94 valence electrons. The first-order chi connectivity index (χ1) is 9.85. The minimum absolute atomic E-state index is 0.597. The molecule has 6 aromatic rings. The Balaban J connectivity index is 2.42. The van der Waals surface area contributed by atoms with Gasteiger partial charge in [-0.25, -0.2) is 0 Å². The second-order valence-electron chi connectivity index (χ2n) is 4.19. The van der Waals surface area contributed by atoms with E-state index in [1.54, 1.807) is 12.1 Å². The third-order valence-corrected chi connectivity index (χ3v) is 2.86. The summed E-state index contributed by atoms with van der Waals surface area (Å²) < 4.78 is 0. The van der Waals surface area contributed by atoms with Crippen molar-refractivity contribution in [3.05, 3.63) is 60.2 Å². The highest BCUT2D eigenvalue weighted by Gasteiger charge is 1.94. The van der Waals surface area contributed by atoms with E-state index < -0.39 is 0 Å². The Hall–Kier alpha value is -3.13. The second kappa shape index (κ2) is 5.24. The molecular weight excluding hydrogens is 250 g/mol. The van der Waals surface area contributed by atoms with Gasteiger partial charge in [-0.05, 0) is 51.5 Å². The number of hydrogen-bond donors (Lipinski definition) is 0. The standard InChI is InChI=1S/C15H9N5/c16-10-13-9-11-1-5-14(6-2-11)17-19-20-18-15-7-3-12(13)4-8-15/h1-9H. The minimum Gasteiger partial charge on any atom is -0.192 e. The highest BCUT2D eigenvalue weighted by Crippen LogP contribution is 2.12. The van der Waals surface area contributed by atoms with Crippen molar-refractivity contribution in [1.29, 1.82) is 5.26 Å². The lowest BCUT2D eigenvalue weighted by Gasteiger charge is -1.93. The smallest absolute Gasteiger partial charge is 0.0998 e. The van der Waals surface area contributed by atoms with E-state index >= 15 is 0 Å². The number of benzene rings is 2. The van der Waals surface area contributed by atoms with Crippen molar-refractivity contribution < 1.29 is 0 Å². The molecular formula is C15H9N5. The highest BCUT2D eigenvalue weighted by molar-refractivity contribution is 5.71. The van der Waals surface area contributed by atoms with E-state index in [0.29, 0.717) is 16.6 Å². The molecule has 4 heterocycles. The van der Waals surface area contributed by atoms with Crippen LogP contribution in [0.4, 0.5) is 0 Å². The summed E-state index contributed by atoms with van der Waals surface area (Å²) in [6.45, 7) is 0. The Bertz CT molecular complexity index is 841. The molecule has 0 aliphatic carbocycles. The molecule has 0 aliphatic rings. The lowest BCUT2D eigenvalue weighted by atomic mass is 10.1. The fraction of sp³-hybridized carbons (Fsp3) is 0. The van der Waals surface area contributed by atoms with E-state index in [1.807, 2.05) is 42.5 Å². The van der Waals surface area contributed by atoms with Gasteiger partial charge in [0, 0.05) is 0 Å². The predicted octanol–water partition coefficient (Wildman–Crippen LogP) is 2.57. The van der Waals surface area contributed by atoms with Crippen LogP contribution in [0.5, 0.6) is 0 Å². The van der Waals surface area contributed by atoms with Crippen LogP contribution < -0.4 is 0 Å². The van der Waals surface area contributed by atoms with Crippen LogP contribution in [-0.2, 0) is 0 Å². The molecule has 4 bridgehead atoms. The minimum atomic E-state index is 0.597. The summed E-state index contributed by atoms with van der Waals surface area (Å²) >= 11 is 0. The Kier molecular flexibility index (Phi) is 3.13. The second-order valence-corrected chi connectivity index (χ2v) is 4.19. The average Bonchev–Trinajstić information content (AvgIpc) is 2.51. The molecule has 0 N–H and O–H groups in total. The van der Waals surface area contributed by atoms with Crippen molar-refractivity contribution in [2.45, 2.75) is 0 Å². The van der Waals surface area contributed by atoms with E-state index in [1.165, 1.54) is 0 Å². The van der Waals surface area contributed by atoms with Crippen molar-refractivity contribution in [3.63, 3.8) is 0 Å². The Morgan fingerprint density at radius 1 is 0.750 bits per heavy atom. The van der Waals surface area contributed by atoms with Gasteiger partial charge in [0.2, 0.25) is 0 Å². The third-order valence-electron chi connectivity index (χ3n) is 2.86. The van der Waals surface area contributed by atoms with Crippen LogP contribution in [0.1, 0.15) is 5.56 Å². The van der Waals surface area contributed by atoms with Crippen LogP contribution in [0.2, 0.25) is 0 Å². The van der Waals surface area contributed by atoms with Crippen molar-refractivity contribution >= 4 is 21.8 Å². The maximum Gasteiger partial charge on any atom is 0.0998 e. The largest absolute Gasteiger partial charge is 0.192 e. The zero-order valence-electron chi connectivity index (χ0n) is 10.4. The predicted molar refractivity (Wildman–Crippen MR) is 75.0 cm³/mol. The third kappa shape index (κ3) is 2.49. The summed E-state index contributed by atoms with van der Waals surface area (Å²) in [6, 6.07) is 18.7. The van der Waals surface area contributed by atoms with E-state index in [0.717, 1.165) is 10.8 Å². The number of hydrogen-bond acceptors (Lipinski definition) is 5. The molecule has 0 atom stereocenters. The van der Waals surface area contributed by atoms with Gasteiger partial charge in [-0.2, -0.15) is 5.26 Å². The number of aromatic nitrogens is 4. The van der Waals surface area contributed by atoms with Crippen LogP contribution in [0, 0.1) is 11.3 Å². The van der Waals surface area contributed by atoms with Gasteiger partial charge in [-0.3, -0.25) is 0 Å². The Morgan fingerprint density at radius 3 is 1.85 bits per heavy atom. The molecule has 2 aromatic carbocycles. The van der Waals surface area contributed by atoms with E-state index in [-0.39, 0.29) is 0 Å². The lowest BCUT2D eigenvalue weighted by Crippen LogP contribution is -1.85. The van der Waals surface area contributed by atoms with Gasteiger partial charge in [0.25, 0.3) is 0 Å². The van der Waals surface area contributed by atoms with Gasteiger partial charge in [-0.15, -0.1) is 10.2 Å².